The third-order valence-corrected chi connectivity index (χ3v) is 15.4. The van der Waals surface area contributed by atoms with E-state index >= 15 is 0 Å². The molecular formula is C37H32N2O3Se2. The molecule has 0 spiro atoms. The van der Waals surface area contributed by atoms with Gasteiger partial charge in [0.15, 0.2) is 0 Å². The standard InChI is InChI=1S/C37H32N2O3Se2/c40-36(38(23-28-13-4-1-5-14-28)26-32-20-12-22-34-35(32)44-43-34)33-21-11-10-19-31(33)25-39(24-29-15-6-2-7-16-29)37(41)42-27-30-17-8-3-9-18-30/h1-22H,23-27H2. The van der Waals surface area contributed by atoms with Gasteiger partial charge in [0.1, 0.15) is 0 Å². The second kappa shape index (κ2) is 14.6. The van der Waals surface area contributed by atoms with E-state index in [2.05, 4.69) is 30.3 Å². The van der Waals surface area contributed by atoms with Crippen LogP contribution in [0.25, 0.3) is 8.52 Å². The van der Waals surface area contributed by atoms with Crippen molar-refractivity contribution in [2.75, 3.05) is 0 Å². The molecule has 0 saturated carbocycles. The molecule has 0 N–H and O–H groups in total. The summed E-state index contributed by atoms with van der Waals surface area (Å²) in [4.78, 5) is 31.5. The molecule has 7 heteroatoms. The number of amides is 2. The van der Waals surface area contributed by atoms with Crippen LogP contribution < -0.4 is 0 Å². The number of benzene rings is 5. The molecule has 0 atom stereocenters. The van der Waals surface area contributed by atoms with Crippen molar-refractivity contribution < 1.29 is 14.3 Å². The van der Waals surface area contributed by atoms with Crippen molar-refractivity contribution in [1.29, 1.82) is 0 Å². The predicted octanol–water partition coefficient (Wildman–Crippen LogP) is 7.14. The Bertz CT molecular complexity index is 1820. The van der Waals surface area contributed by atoms with E-state index in [1.54, 1.807) is 4.90 Å². The molecule has 0 aliphatic heterocycles. The van der Waals surface area contributed by atoms with Crippen LogP contribution in [0.5, 0.6) is 0 Å². The molecule has 6 aromatic rings. The molecule has 0 saturated heterocycles. The summed E-state index contributed by atoms with van der Waals surface area (Å²) in [5.74, 6) is -0.0447. The molecule has 5 aromatic carbocycles. The summed E-state index contributed by atoms with van der Waals surface area (Å²) < 4.78 is 8.69. The van der Waals surface area contributed by atoms with Gasteiger partial charge in [-0.1, -0.05) is 48.5 Å². The molecule has 6 rings (SSSR count). The molecule has 0 fully saturated rings. The monoisotopic (exact) mass is 712 g/mol. The number of hydrogen-bond donors (Lipinski definition) is 0. The van der Waals surface area contributed by atoms with E-state index in [9.17, 15) is 9.59 Å². The molecule has 0 aliphatic carbocycles. The average Bonchev–Trinajstić information content (AvgIpc) is 3.05. The van der Waals surface area contributed by atoms with Gasteiger partial charge in [-0.25, -0.2) is 0 Å². The first-order valence-electron chi connectivity index (χ1n) is 14.5. The Morgan fingerprint density at radius 1 is 0.523 bits per heavy atom. The van der Waals surface area contributed by atoms with Gasteiger partial charge in [0.25, 0.3) is 0 Å². The fourth-order valence-corrected chi connectivity index (χ4v) is 11.5. The van der Waals surface area contributed by atoms with Crippen LogP contribution in [0.3, 0.4) is 0 Å². The number of fused-ring (bicyclic) bond motifs is 1. The van der Waals surface area contributed by atoms with Crippen molar-refractivity contribution in [3.8, 4) is 0 Å². The van der Waals surface area contributed by atoms with Gasteiger partial charge >= 0.3 is 215 Å². The van der Waals surface area contributed by atoms with E-state index in [4.69, 9.17) is 4.74 Å². The van der Waals surface area contributed by atoms with Crippen LogP contribution in [0.15, 0.2) is 133 Å². The molecule has 0 bridgehead atoms. The van der Waals surface area contributed by atoms with Crippen molar-refractivity contribution in [3.05, 3.63) is 167 Å². The van der Waals surface area contributed by atoms with Gasteiger partial charge < -0.3 is 0 Å². The van der Waals surface area contributed by atoms with E-state index < -0.39 is 6.09 Å². The van der Waals surface area contributed by atoms with Crippen LogP contribution in [0.1, 0.15) is 38.2 Å². The van der Waals surface area contributed by atoms with E-state index in [1.807, 2.05) is 108 Å². The number of carbonyl (C=O) groups excluding carboxylic acids is 2. The molecule has 220 valence electrons. The quantitative estimate of drug-likeness (QED) is 0.135. The minimum absolute atomic E-state index is 0.0447. The van der Waals surface area contributed by atoms with Crippen molar-refractivity contribution >= 4 is 45.8 Å². The molecular weight excluding hydrogens is 678 g/mol. The molecule has 0 unspecified atom stereocenters. The fraction of sp³-hybridized carbons (Fsp3) is 0.135. The van der Waals surface area contributed by atoms with E-state index in [-0.39, 0.29) is 19.1 Å². The first-order chi connectivity index (χ1) is 21.6. The van der Waals surface area contributed by atoms with Gasteiger partial charge in [-0.15, -0.1) is 0 Å². The Labute approximate surface area is 268 Å². The van der Waals surface area contributed by atoms with Crippen molar-refractivity contribution in [3.63, 3.8) is 0 Å². The Kier molecular flexibility index (Phi) is 9.91. The zero-order valence-corrected chi connectivity index (χ0v) is 27.6. The summed E-state index contributed by atoms with van der Waals surface area (Å²) in [5, 5.41) is 0. The summed E-state index contributed by atoms with van der Waals surface area (Å²) in [5.41, 5.74) is 5.63. The molecule has 0 radical (unpaired) electrons. The van der Waals surface area contributed by atoms with Crippen molar-refractivity contribution in [1.82, 2.24) is 9.80 Å². The molecule has 5 nitrogen and oxygen atoms in total. The van der Waals surface area contributed by atoms with Crippen LogP contribution in [0.2, 0.25) is 0 Å². The van der Waals surface area contributed by atoms with Crippen LogP contribution in [-0.2, 0) is 37.5 Å². The Balaban J connectivity index is 1.28. The maximum atomic E-state index is 14.4. The molecule has 1 heterocycles. The molecule has 0 aliphatic rings. The second-order valence-corrected chi connectivity index (χ2v) is 16.7. The minimum atomic E-state index is -0.422. The van der Waals surface area contributed by atoms with Crippen molar-refractivity contribution in [2.24, 2.45) is 0 Å². The summed E-state index contributed by atoms with van der Waals surface area (Å²) >= 11 is 1.12. The van der Waals surface area contributed by atoms with Gasteiger partial charge in [0, 0.05) is 0 Å². The first-order valence-corrected chi connectivity index (χ1v) is 20.6. The van der Waals surface area contributed by atoms with Gasteiger partial charge in [-0.3, -0.25) is 0 Å². The number of nitrogens with zero attached hydrogens (tertiary/aromatic N) is 2. The number of carbonyl (C=O) groups is 2. The molecule has 1 aromatic heterocycles. The Morgan fingerprint density at radius 3 is 1.70 bits per heavy atom. The third kappa shape index (κ3) is 7.50. The van der Waals surface area contributed by atoms with Crippen LogP contribution >= 0.6 is 0 Å². The molecule has 2 amide bonds. The van der Waals surface area contributed by atoms with Crippen LogP contribution in [-0.4, -0.2) is 47.1 Å². The Morgan fingerprint density at radius 2 is 1.07 bits per heavy atom. The number of ether oxygens (including phenoxy) is 1. The molecule has 44 heavy (non-hydrogen) atoms. The third-order valence-electron chi connectivity index (χ3n) is 7.43. The summed E-state index contributed by atoms with van der Waals surface area (Å²) in [6, 6.07) is 43.8. The average molecular weight is 711 g/mol. The van der Waals surface area contributed by atoms with E-state index in [0.717, 1.165) is 22.3 Å². The van der Waals surface area contributed by atoms with Gasteiger partial charge in [0.05, 0.1) is 0 Å². The van der Waals surface area contributed by atoms with Crippen molar-refractivity contribution in [2.45, 2.75) is 32.8 Å². The zero-order valence-electron chi connectivity index (χ0n) is 24.2. The van der Waals surface area contributed by atoms with Gasteiger partial charge in [-0.2, -0.15) is 0 Å². The number of rotatable bonds is 11. The predicted molar refractivity (Wildman–Crippen MR) is 177 cm³/mol. The van der Waals surface area contributed by atoms with Crippen LogP contribution in [0, 0.1) is 0 Å². The summed E-state index contributed by atoms with van der Waals surface area (Å²) in [6.07, 6.45) is -0.422. The van der Waals surface area contributed by atoms with Crippen LogP contribution in [0.4, 0.5) is 4.79 Å². The zero-order chi connectivity index (χ0) is 30.1. The first kappa shape index (κ1) is 29.9. The SMILES string of the molecule is O=C(OCc1ccccc1)N(Cc1ccccc1)Cc1ccccc1C(=O)N(Cc1ccccc1)Cc1cccc2[se][se]c12. The van der Waals surface area contributed by atoms with Gasteiger partial charge in [-0.05, 0) is 5.56 Å². The maximum absolute atomic E-state index is 14.4. The normalized spacial score (nSPS) is 10.9. The number of hydrogen-bond acceptors (Lipinski definition) is 3. The Hall–Kier alpha value is -4.12. The van der Waals surface area contributed by atoms with Gasteiger partial charge in [0.2, 0.25) is 0 Å². The fourth-order valence-electron chi connectivity index (χ4n) is 5.15. The second-order valence-electron chi connectivity index (χ2n) is 10.6. The summed E-state index contributed by atoms with van der Waals surface area (Å²) in [6.45, 7) is 1.85. The van der Waals surface area contributed by atoms with E-state index in [0.29, 0.717) is 50.5 Å². The van der Waals surface area contributed by atoms with E-state index in [1.165, 1.54) is 14.1 Å². The topological polar surface area (TPSA) is 49.9 Å². The summed E-state index contributed by atoms with van der Waals surface area (Å²) in [7, 11) is 0.